The fraction of sp³-hybridized carbons (Fsp3) is 0.278. The molecular formula is C18H18O. The van der Waals surface area contributed by atoms with Gasteiger partial charge in [0.15, 0.2) is 5.78 Å². The Hall–Kier alpha value is -1.89. The molecule has 1 nitrogen and oxygen atoms in total. The van der Waals surface area contributed by atoms with Crippen LogP contribution in [0.15, 0.2) is 54.6 Å². The van der Waals surface area contributed by atoms with Crippen molar-refractivity contribution in [3.05, 3.63) is 71.3 Å². The van der Waals surface area contributed by atoms with E-state index in [1.807, 2.05) is 36.4 Å². The summed E-state index contributed by atoms with van der Waals surface area (Å²) in [7, 11) is 0. The molecule has 0 amide bonds. The number of rotatable bonds is 2. The van der Waals surface area contributed by atoms with E-state index in [0.29, 0.717) is 5.78 Å². The number of ketones is 1. The number of hydrogen-bond acceptors (Lipinski definition) is 1. The van der Waals surface area contributed by atoms with Crippen LogP contribution in [0.1, 0.15) is 35.3 Å². The fourth-order valence-electron chi connectivity index (χ4n) is 3.16. The maximum absolute atomic E-state index is 12.6. The van der Waals surface area contributed by atoms with Crippen LogP contribution in [-0.2, 0) is 11.8 Å². The fourth-order valence-corrected chi connectivity index (χ4v) is 3.16. The predicted octanol–water partition coefficient (Wildman–Crippen LogP) is 4.02. The van der Waals surface area contributed by atoms with Gasteiger partial charge < -0.3 is 0 Å². The molecule has 3 rings (SSSR count). The SMILES string of the molecule is CC1(C)c2ccccc2C(=O)[C@@H]1Cc1ccccc1. The number of benzene rings is 2. The van der Waals surface area contributed by atoms with E-state index in [4.69, 9.17) is 0 Å². The van der Waals surface area contributed by atoms with Crippen molar-refractivity contribution in [2.24, 2.45) is 5.92 Å². The summed E-state index contributed by atoms with van der Waals surface area (Å²) in [4.78, 5) is 12.6. The molecule has 0 spiro atoms. The molecule has 2 aromatic rings. The smallest absolute Gasteiger partial charge is 0.167 e. The van der Waals surface area contributed by atoms with Crippen molar-refractivity contribution in [3.63, 3.8) is 0 Å². The van der Waals surface area contributed by atoms with Crippen LogP contribution in [0.5, 0.6) is 0 Å². The number of hydrogen-bond donors (Lipinski definition) is 0. The van der Waals surface area contributed by atoms with Gasteiger partial charge in [0, 0.05) is 16.9 Å². The van der Waals surface area contributed by atoms with Crippen molar-refractivity contribution in [1.29, 1.82) is 0 Å². The number of carbonyl (C=O) groups excluding carboxylic acids is 1. The molecule has 0 fully saturated rings. The van der Waals surface area contributed by atoms with E-state index < -0.39 is 0 Å². The normalized spacial score (nSPS) is 20.3. The van der Waals surface area contributed by atoms with Crippen molar-refractivity contribution < 1.29 is 4.79 Å². The zero-order chi connectivity index (χ0) is 13.5. The quantitative estimate of drug-likeness (QED) is 0.786. The highest BCUT2D eigenvalue weighted by molar-refractivity contribution is 6.04. The molecule has 1 aliphatic rings. The summed E-state index contributed by atoms with van der Waals surface area (Å²) in [5.41, 5.74) is 3.26. The molecule has 1 heteroatoms. The van der Waals surface area contributed by atoms with Gasteiger partial charge in [0.25, 0.3) is 0 Å². The maximum Gasteiger partial charge on any atom is 0.167 e. The van der Waals surface area contributed by atoms with E-state index in [-0.39, 0.29) is 11.3 Å². The molecule has 0 heterocycles. The maximum atomic E-state index is 12.6. The molecule has 0 unspecified atom stereocenters. The molecule has 96 valence electrons. The summed E-state index contributed by atoms with van der Waals surface area (Å²) in [6.45, 7) is 4.37. The molecule has 0 aromatic heterocycles. The number of fused-ring (bicyclic) bond motifs is 1. The van der Waals surface area contributed by atoms with Gasteiger partial charge in [0.1, 0.15) is 0 Å². The van der Waals surface area contributed by atoms with Gasteiger partial charge in [-0.05, 0) is 17.5 Å². The summed E-state index contributed by atoms with van der Waals surface area (Å²) in [6, 6.07) is 18.3. The molecule has 0 saturated heterocycles. The Morgan fingerprint density at radius 1 is 0.947 bits per heavy atom. The second kappa shape index (κ2) is 4.34. The monoisotopic (exact) mass is 250 g/mol. The van der Waals surface area contributed by atoms with E-state index in [1.54, 1.807) is 0 Å². The Bertz CT molecular complexity index is 611. The van der Waals surface area contributed by atoms with Gasteiger partial charge in [-0.15, -0.1) is 0 Å². The van der Waals surface area contributed by atoms with Crippen LogP contribution >= 0.6 is 0 Å². The highest BCUT2D eigenvalue weighted by atomic mass is 16.1. The largest absolute Gasteiger partial charge is 0.294 e. The van der Waals surface area contributed by atoms with Crippen LogP contribution in [0.25, 0.3) is 0 Å². The van der Waals surface area contributed by atoms with Crippen molar-refractivity contribution >= 4 is 5.78 Å². The molecule has 2 aromatic carbocycles. The van der Waals surface area contributed by atoms with Gasteiger partial charge in [-0.1, -0.05) is 68.4 Å². The molecule has 0 saturated carbocycles. The van der Waals surface area contributed by atoms with Crippen LogP contribution in [0.2, 0.25) is 0 Å². The van der Waals surface area contributed by atoms with Gasteiger partial charge >= 0.3 is 0 Å². The highest BCUT2D eigenvalue weighted by Crippen LogP contribution is 2.44. The lowest BCUT2D eigenvalue weighted by Gasteiger charge is -2.27. The highest BCUT2D eigenvalue weighted by Gasteiger charge is 2.44. The lowest BCUT2D eigenvalue weighted by atomic mass is 9.75. The molecule has 1 atom stereocenters. The third-order valence-electron chi connectivity index (χ3n) is 4.36. The van der Waals surface area contributed by atoms with Crippen LogP contribution in [-0.4, -0.2) is 5.78 Å². The lowest BCUT2D eigenvalue weighted by molar-refractivity contribution is 0.0897. The Morgan fingerprint density at radius 2 is 1.58 bits per heavy atom. The molecule has 0 radical (unpaired) electrons. The minimum Gasteiger partial charge on any atom is -0.294 e. The van der Waals surface area contributed by atoms with Gasteiger partial charge in [0.2, 0.25) is 0 Å². The third-order valence-corrected chi connectivity index (χ3v) is 4.36. The molecule has 0 bridgehead atoms. The Labute approximate surface area is 114 Å². The first-order valence-corrected chi connectivity index (χ1v) is 6.78. The zero-order valence-corrected chi connectivity index (χ0v) is 11.4. The van der Waals surface area contributed by atoms with Crippen molar-refractivity contribution in [2.45, 2.75) is 25.7 Å². The van der Waals surface area contributed by atoms with E-state index in [9.17, 15) is 4.79 Å². The van der Waals surface area contributed by atoms with E-state index in [0.717, 1.165) is 12.0 Å². The van der Waals surface area contributed by atoms with Gasteiger partial charge in [-0.3, -0.25) is 4.79 Å². The number of carbonyl (C=O) groups is 1. The average molecular weight is 250 g/mol. The summed E-state index contributed by atoms with van der Waals surface area (Å²) in [6.07, 6.45) is 0.821. The Morgan fingerprint density at radius 3 is 2.26 bits per heavy atom. The van der Waals surface area contributed by atoms with Crippen molar-refractivity contribution in [3.8, 4) is 0 Å². The second-order valence-electron chi connectivity index (χ2n) is 5.87. The van der Waals surface area contributed by atoms with Crippen LogP contribution < -0.4 is 0 Å². The second-order valence-corrected chi connectivity index (χ2v) is 5.87. The topological polar surface area (TPSA) is 17.1 Å². The standard InChI is InChI=1S/C18H18O/c1-18(2)15-11-7-6-10-14(15)17(19)16(18)12-13-8-4-3-5-9-13/h3-11,16H,12H2,1-2H3/t16-/m0/s1. The molecule has 0 N–H and O–H groups in total. The molecular weight excluding hydrogens is 232 g/mol. The Balaban J connectivity index is 1.99. The summed E-state index contributed by atoms with van der Waals surface area (Å²) in [5, 5.41) is 0. The summed E-state index contributed by atoms with van der Waals surface area (Å²) < 4.78 is 0. The van der Waals surface area contributed by atoms with Crippen molar-refractivity contribution in [2.75, 3.05) is 0 Å². The average Bonchev–Trinajstić information content (AvgIpc) is 2.62. The first-order valence-electron chi connectivity index (χ1n) is 6.78. The molecule has 0 aliphatic heterocycles. The predicted molar refractivity (Wildman–Crippen MR) is 77.4 cm³/mol. The third kappa shape index (κ3) is 1.90. The lowest BCUT2D eigenvalue weighted by Crippen LogP contribution is -2.28. The van der Waals surface area contributed by atoms with Crippen LogP contribution in [0, 0.1) is 5.92 Å². The number of Topliss-reactive ketones (excluding diaryl/α,β-unsaturated/α-hetero) is 1. The molecule has 1 aliphatic carbocycles. The van der Waals surface area contributed by atoms with Crippen molar-refractivity contribution in [1.82, 2.24) is 0 Å². The first kappa shape index (κ1) is 12.2. The summed E-state index contributed by atoms with van der Waals surface area (Å²) in [5.74, 6) is 0.344. The summed E-state index contributed by atoms with van der Waals surface area (Å²) >= 11 is 0. The molecule has 19 heavy (non-hydrogen) atoms. The van der Waals surface area contributed by atoms with Crippen LogP contribution in [0.4, 0.5) is 0 Å². The Kier molecular flexibility index (Phi) is 2.78. The minimum atomic E-state index is -0.0798. The van der Waals surface area contributed by atoms with Gasteiger partial charge in [-0.25, -0.2) is 0 Å². The zero-order valence-electron chi connectivity index (χ0n) is 11.4. The minimum absolute atomic E-state index is 0.0484. The van der Waals surface area contributed by atoms with E-state index >= 15 is 0 Å². The first-order chi connectivity index (χ1) is 9.10. The van der Waals surface area contributed by atoms with E-state index in [1.165, 1.54) is 11.1 Å². The van der Waals surface area contributed by atoms with E-state index in [2.05, 4.69) is 32.0 Å². The van der Waals surface area contributed by atoms with Gasteiger partial charge in [-0.2, -0.15) is 0 Å². The van der Waals surface area contributed by atoms with Gasteiger partial charge in [0.05, 0.1) is 0 Å². The van der Waals surface area contributed by atoms with Crippen LogP contribution in [0.3, 0.4) is 0 Å².